The molecule has 3 heteroatoms. The van der Waals surface area contributed by atoms with Crippen LogP contribution < -0.4 is 0 Å². The normalized spacial score (nSPS) is 17.2. The van der Waals surface area contributed by atoms with Crippen LogP contribution in [0.2, 0.25) is 0 Å². The van der Waals surface area contributed by atoms with Gasteiger partial charge in [-0.25, -0.2) is 0 Å². The smallest absolute Gasteiger partial charge is 0.128 e. The van der Waals surface area contributed by atoms with Gasteiger partial charge in [0.05, 0.1) is 0 Å². The minimum absolute atomic E-state index is 0.679. The Morgan fingerprint density at radius 1 is 1.13 bits per heavy atom. The first kappa shape index (κ1) is 10.6. The van der Waals surface area contributed by atoms with Crippen molar-refractivity contribution in [2.75, 3.05) is 24.6 Å². The number of benzene rings is 1. The standard InChI is InChI=1S/C12H16N2S/c13-12(11-5-2-1-3-6-11)14-7-4-9-15-10-8-14/h1-3,5-6,13H,4,7-10H2. The molecule has 1 fully saturated rings. The van der Waals surface area contributed by atoms with Gasteiger partial charge in [0.1, 0.15) is 5.84 Å². The second kappa shape index (κ2) is 5.21. The third kappa shape index (κ3) is 2.75. The number of nitrogens with one attached hydrogen (secondary N) is 1. The molecule has 0 aromatic heterocycles. The van der Waals surface area contributed by atoms with Gasteiger partial charge in [-0.3, -0.25) is 5.41 Å². The summed E-state index contributed by atoms with van der Waals surface area (Å²) in [5, 5.41) is 8.14. The Labute approximate surface area is 95.2 Å². The number of thioether (sulfide) groups is 1. The average molecular weight is 220 g/mol. The molecule has 15 heavy (non-hydrogen) atoms. The van der Waals surface area contributed by atoms with Gasteiger partial charge < -0.3 is 4.90 Å². The summed E-state index contributed by atoms with van der Waals surface area (Å²) in [7, 11) is 0. The summed E-state index contributed by atoms with van der Waals surface area (Å²) >= 11 is 1.99. The Hall–Kier alpha value is -0.960. The van der Waals surface area contributed by atoms with Gasteiger partial charge in [0.2, 0.25) is 0 Å². The molecule has 1 aliphatic rings. The number of amidine groups is 1. The Kier molecular flexibility index (Phi) is 3.67. The second-order valence-corrected chi connectivity index (χ2v) is 4.89. The molecule has 1 N–H and O–H groups in total. The summed E-state index contributed by atoms with van der Waals surface area (Å²) in [4.78, 5) is 2.19. The molecular formula is C12H16N2S. The molecule has 1 aromatic rings. The molecule has 1 heterocycles. The maximum absolute atomic E-state index is 8.14. The number of hydrogen-bond donors (Lipinski definition) is 1. The van der Waals surface area contributed by atoms with Crippen LogP contribution in [0, 0.1) is 5.41 Å². The maximum atomic E-state index is 8.14. The Morgan fingerprint density at radius 3 is 2.73 bits per heavy atom. The third-order valence-corrected chi connectivity index (χ3v) is 3.63. The minimum Gasteiger partial charge on any atom is -0.356 e. The van der Waals surface area contributed by atoms with E-state index in [1.807, 2.05) is 42.1 Å². The topological polar surface area (TPSA) is 27.1 Å². The second-order valence-electron chi connectivity index (χ2n) is 3.67. The van der Waals surface area contributed by atoms with Crippen LogP contribution in [-0.4, -0.2) is 35.3 Å². The predicted octanol–water partition coefficient (Wildman–Crippen LogP) is 2.45. The highest BCUT2D eigenvalue weighted by atomic mass is 32.2. The summed E-state index contributed by atoms with van der Waals surface area (Å²) in [5.41, 5.74) is 1.03. The van der Waals surface area contributed by atoms with Crippen LogP contribution in [0.25, 0.3) is 0 Å². The summed E-state index contributed by atoms with van der Waals surface area (Å²) in [5.74, 6) is 3.06. The lowest BCUT2D eigenvalue weighted by molar-refractivity contribution is 0.449. The van der Waals surface area contributed by atoms with E-state index in [1.165, 1.54) is 12.2 Å². The fourth-order valence-electron chi connectivity index (χ4n) is 1.75. The fourth-order valence-corrected chi connectivity index (χ4v) is 2.64. The highest BCUT2D eigenvalue weighted by Crippen LogP contribution is 2.12. The van der Waals surface area contributed by atoms with Crippen LogP contribution in [0.4, 0.5) is 0 Å². The zero-order valence-electron chi connectivity index (χ0n) is 8.78. The van der Waals surface area contributed by atoms with E-state index in [1.54, 1.807) is 0 Å². The van der Waals surface area contributed by atoms with Gasteiger partial charge in [0, 0.05) is 24.4 Å². The van der Waals surface area contributed by atoms with E-state index in [-0.39, 0.29) is 0 Å². The van der Waals surface area contributed by atoms with Gasteiger partial charge in [0.25, 0.3) is 0 Å². The molecule has 80 valence electrons. The number of hydrogen-bond acceptors (Lipinski definition) is 2. The molecule has 2 rings (SSSR count). The molecule has 0 amide bonds. The van der Waals surface area contributed by atoms with Crippen molar-refractivity contribution in [3.63, 3.8) is 0 Å². The zero-order valence-corrected chi connectivity index (χ0v) is 9.59. The van der Waals surface area contributed by atoms with E-state index in [2.05, 4.69) is 4.90 Å². The summed E-state index contributed by atoms with van der Waals surface area (Å²) in [6.45, 7) is 2.04. The van der Waals surface area contributed by atoms with Crippen molar-refractivity contribution in [1.29, 1.82) is 5.41 Å². The summed E-state index contributed by atoms with van der Waals surface area (Å²) in [6.07, 6.45) is 1.19. The number of nitrogens with zero attached hydrogens (tertiary/aromatic N) is 1. The van der Waals surface area contributed by atoms with E-state index in [0.717, 1.165) is 24.4 Å². The molecule has 1 aliphatic heterocycles. The molecule has 1 saturated heterocycles. The Morgan fingerprint density at radius 2 is 1.93 bits per heavy atom. The highest BCUT2D eigenvalue weighted by molar-refractivity contribution is 7.99. The predicted molar refractivity (Wildman–Crippen MR) is 66.8 cm³/mol. The van der Waals surface area contributed by atoms with Crippen LogP contribution in [0.15, 0.2) is 30.3 Å². The zero-order chi connectivity index (χ0) is 10.5. The third-order valence-electron chi connectivity index (χ3n) is 2.59. The quantitative estimate of drug-likeness (QED) is 0.581. The van der Waals surface area contributed by atoms with Gasteiger partial charge in [0.15, 0.2) is 0 Å². The molecule has 2 nitrogen and oxygen atoms in total. The van der Waals surface area contributed by atoms with Gasteiger partial charge >= 0.3 is 0 Å². The largest absolute Gasteiger partial charge is 0.356 e. The molecule has 0 spiro atoms. The lowest BCUT2D eigenvalue weighted by Gasteiger charge is -2.22. The molecular weight excluding hydrogens is 204 g/mol. The first-order valence-corrected chi connectivity index (χ1v) is 6.50. The van der Waals surface area contributed by atoms with Crippen molar-refractivity contribution in [1.82, 2.24) is 4.90 Å². The van der Waals surface area contributed by atoms with E-state index >= 15 is 0 Å². The van der Waals surface area contributed by atoms with Crippen molar-refractivity contribution < 1.29 is 0 Å². The first-order chi connectivity index (χ1) is 7.38. The minimum atomic E-state index is 0.679. The van der Waals surface area contributed by atoms with E-state index in [9.17, 15) is 0 Å². The lowest BCUT2D eigenvalue weighted by Crippen LogP contribution is -2.32. The van der Waals surface area contributed by atoms with Crippen LogP contribution in [0.1, 0.15) is 12.0 Å². The average Bonchev–Trinajstić information content (AvgIpc) is 2.58. The Balaban J connectivity index is 2.06. The van der Waals surface area contributed by atoms with Gasteiger partial charge in [-0.05, 0) is 12.2 Å². The van der Waals surface area contributed by atoms with E-state index < -0.39 is 0 Å². The molecule has 0 atom stereocenters. The number of rotatable bonds is 1. The lowest BCUT2D eigenvalue weighted by atomic mass is 10.2. The van der Waals surface area contributed by atoms with Crippen LogP contribution in [-0.2, 0) is 0 Å². The van der Waals surface area contributed by atoms with Crippen molar-refractivity contribution in [2.45, 2.75) is 6.42 Å². The first-order valence-electron chi connectivity index (χ1n) is 5.34. The van der Waals surface area contributed by atoms with Gasteiger partial charge in [-0.1, -0.05) is 30.3 Å². The van der Waals surface area contributed by atoms with Crippen molar-refractivity contribution in [2.24, 2.45) is 0 Å². The molecule has 1 aromatic carbocycles. The summed E-state index contributed by atoms with van der Waals surface area (Å²) in [6, 6.07) is 10.0. The van der Waals surface area contributed by atoms with Crippen molar-refractivity contribution in [3.05, 3.63) is 35.9 Å². The van der Waals surface area contributed by atoms with Crippen molar-refractivity contribution >= 4 is 17.6 Å². The molecule has 0 saturated carbocycles. The molecule has 0 aliphatic carbocycles. The van der Waals surface area contributed by atoms with E-state index in [4.69, 9.17) is 5.41 Å². The van der Waals surface area contributed by atoms with Gasteiger partial charge in [-0.2, -0.15) is 11.8 Å². The Bertz CT molecular complexity index is 316. The monoisotopic (exact) mass is 220 g/mol. The van der Waals surface area contributed by atoms with Crippen molar-refractivity contribution in [3.8, 4) is 0 Å². The maximum Gasteiger partial charge on any atom is 0.128 e. The van der Waals surface area contributed by atoms with Crippen LogP contribution in [0.5, 0.6) is 0 Å². The molecule has 0 unspecified atom stereocenters. The SMILES string of the molecule is N=C(c1ccccc1)N1CCCSCC1. The summed E-state index contributed by atoms with van der Waals surface area (Å²) < 4.78 is 0. The van der Waals surface area contributed by atoms with Crippen LogP contribution in [0.3, 0.4) is 0 Å². The molecule has 0 radical (unpaired) electrons. The van der Waals surface area contributed by atoms with Gasteiger partial charge in [-0.15, -0.1) is 0 Å². The van der Waals surface area contributed by atoms with E-state index in [0.29, 0.717) is 5.84 Å². The fraction of sp³-hybridized carbons (Fsp3) is 0.417. The molecule has 0 bridgehead atoms. The highest BCUT2D eigenvalue weighted by Gasteiger charge is 2.13. The van der Waals surface area contributed by atoms with Crippen LogP contribution >= 0.6 is 11.8 Å².